The molecular weight excluding hydrogens is 234 g/mol. The van der Waals surface area contributed by atoms with Crippen LogP contribution in [0.5, 0.6) is 5.75 Å². The van der Waals surface area contributed by atoms with Crippen LogP contribution < -0.4 is 10.5 Å². The quantitative estimate of drug-likeness (QED) is 0.906. The van der Waals surface area contributed by atoms with Crippen molar-refractivity contribution in [2.24, 2.45) is 11.7 Å². The first-order valence-corrected chi connectivity index (χ1v) is 6.77. The smallest absolute Gasteiger partial charge is 0.122 e. The van der Waals surface area contributed by atoms with Crippen LogP contribution in [0, 0.1) is 5.92 Å². The van der Waals surface area contributed by atoms with Crippen molar-refractivity contribution in [3.63, 3.8) is 0 Å². The van der Waals surface area contributed by atoms with Crippen molar-refractivity contribution in [3.8, 4) is 16.9 Å². The minimum absolute atomic E-state index is 0.573. The van der Waals surface area contributed by atoms with E-state index in [1.54, 1.807) is 7.11 Å². The molecule has 0 bridgehead atoms. The van der Waals surface area contributed by atoms with Crippen LogP contribution in [-0.4, -0.2) is 13.7 Å². The van der Waals surface area contributed by atoms with Gasteiger partial charge < -0.3 is 10.5 Å². The maximum Gasteiger partial charge on any atom is 0.122 e. The third kappa shape index (κ3) is 2.36. The van der Waals surface area contributed by atoms with Gasteiger partial charge in [-0.05, 0) is 53.6 Å². The molecule has 1 saturated carbocycles. The van der Waals surface area contributed by atoms with Gasteiger partial charge in [0.1, 0.15) is 5.75 Å². The predicted molar refractivity (Wildman–Crippen MR) is 78.3 cm³/mol. The van der Waals surface area contributed by atoms with Crippen molar-refractivity contribution in [1.82, 2.24) is 0 Å². The second-order valence-electron chi connectivity index (χ2n) is 5.16. The van der Waals surface area contributed by atoms with E-state index in [4.69, 9.17) is 10.5 Å². The first-order chi connectivity index (χ1) is 9.33. The SMILES string of the molecule is COc1ccc(-c2ccccc2)cc1[C@H]1C[C@@H]1CN. The Bertz CT molecular complexity index is 565. The highest BCUT2D eigenvalue weighted by molar-refractivity contribution is 5.66. The second-order valence-corrected chi connectivity index (χ2v) is 5.16. The van der Waals surface area contributed by atoms with Gasteiger partial charge in [0.15, 0.2) is 0 Å². The lowest BCUT2D eigenvalue weighted by molar-refractivity contribution is 0.409. The van der Waals surface area contributed by atoms with Gasteiger partial charge in [-0.2, -0.15) is 0 Å². The zero-order chi connectivity index (χ0) is 13.2. The molecule has 2 aromatic carbocycles. The molecule has 0 radical (unpaired) electrons. The molecule has 2 aromatic rings. The Labute approximate surface area is 114 Å². The zero-order valence-electron chi connectivity index (χ0n) is 11.2. The van der Waals surface area contributed by atoms with E-state index in [0.717, 1.165) is 12.3 Å². The summed E-state index contributed by atoms with van der Waals surface area (Å²) in [6.45, 7) is 0.767. The van der Waals surface area contributed by atoms with Gasteiger partial charge >= 0.3 is 0 Å². The minimum Gasteiger partial charge on any atom is -0.496 e. The number of hydrogen-bond acceptors (Lipinski definition) is 2. The Morgan fingerprint density at radius 1 is 1.11 bits per heavy atom. The average Bonchev–Trinajstić information content (AvgIpc) is 3.27. The van der Waals surface area contributed by atoms with Crippen molar-refractivity contribution in [2.45, 2.75) is 12.3 Å². The van der Waals surface area contributed by atoms with Gasteiger partial charge in [-0.3, -0.25) is 0 Å². The Kier molecular flexibility index (Phi) is 3.26. The van der Waals surface area contributed by atoms with Crippen molar-refractivity contribution >= 4 is 0 Å². The lowest BCUT2D eigenvalue weighted by atomic mass is 9.99. The zero-order valence-corrected chi connectivity index (χ0v) is 11.2. The third-order valence-corrected chi connectivity index (χ3v) is 3.96. The van der Waals surface area contributed by atoms with Crippen LogP contribution in [0.4, 0.5) is 0 Å². The fourth-order valence-electron chi connectivity index (χ4n) is 2.72. The molecule has 0 heterocycles. The van der Waals surface area contributed by atoms with Gasteiger partial charge in [0.25, 0.3) is 0 Å². The standard InChI is InChI=1S/C17H19NO/c1-19-17-8-7-13(12-5-3-2-4-6-12)9-16(17)15-10-14(15)11-18/h2-9,14-15H,10-11,18H2,1H3/t14-,15+/m1/s1. The predicted octanol–water partition coefficient (Wildman–Crippen LogP) is 3.42. The molecule has 1 fully saturated rings. The van der Waals surface area contributed by atoms with E-state index in [1.165, 1.54) is 23.1 Å². The summed E-state index contributed by atoms with van der Waals surface area (Å²) in [4.78, 5) is 0. The highest BCUT2D eigenvalue weighted by Crippen LogP contribution is 2.50. The summed E-state index contributed by atoms with van der Waals surface area (Å²) in [5, 5.41) is 0. The fraction of sp³-hybridized carbons (Fsp3) is 0.294. The van der Waals surface area contributed by atoms with Crippen LogP contribution in [-0.2, 0) is 0 Å². The van der Waals surface area contributed by atoms with Gasteiger partial charge in [-0.1, -0.05) is 36.4 Å². The summed E-state index contributed by atoms with van der Waals surface area (Å²) in [6.07, 6.45) is 1.19. The maximum atomic E-state index is 5.76. The van der Waals surface area contributed by atoms with E-state index < -0.39 is 0 Å². The van der Waals surface area contributed by atoms with Crippen molar-refractivity contribution < 1.29 is 4.74 Å². The fourth-order valence-corrected chi connectivity index (χ4v) is 2.72. The Balaban J connectivity index is 1.98. The number of benzene rings is 2. The van der Waals surface area contributed by atoms with Gasteiger partial charge in [-0.15, -0.1) is 0 Å². The highest BCUT2D eigenvalue weighted by atomic mass is 16.5. The number of hydrogen-bond donors (Lipinski definition) is 1. The number of methoxy groups -OCH3 is 1. The molecule has 0 aromatic heterocycles. The first kappa shape index (κ1) is 12.2. The van der Waals surface area contributed by atoms with Crippen molar-refractivity contribution in [3.05, 3.63) is 54.1 Å². The summed E-state index contributed by atoms with van der Waals surface area (Å²) in [5.74, 6) is 2.18. The molecule has 1 aliphatic rings. The van der Waals surface area contributed by atoms with Crippen molar-refractivity contribution in [2.75, 3.05) is 13.7 Å². The van der Waals surface area contributed by atoms with Crippen LogP contribution in [0.2, 0.25) is 0 Å². The average molecular weight is 253 g/mol. The normalized spacial score (nSPS) is 21.2. The number of nitrogens with two attached hydrogens (primary N) is 1. The lowest BCUT2D eigenvalue weighted by Gasteiger charge is -2.11. The molecule has 19 heavy (non-hydrogen) atoms. The Morgan fingerprint density at radius 3 is 2.53 bits per heavy atom. The first-order valence-electron chi connectivity index (χ1n) is 6.77. The molecule has 0 aliphatic heterocycles. The van der Waals surface area contributed by atoms with E-state index in [0.29, 0.717) is 11.8 Å². The second kappa shape index (κ2) is 5.06. The van der Waals surface area contributed by atoms with Gasteiger partial charge in [0.2, 0.25) is 0 Å². The maximum absolute atomic E-state index is 5.76. The number of rotatable bonds is 4. The minimum atomic E-state index is 0.573. The molecule has 2 nitrogen and oxygen atoms in total. The van der Waals surface area contributed by atoms with Gasteiger partial charge in [0, 0.05) is 0 Å². The van der Waals surface area contributed by atoms with E-state index in [-0.39, 0.29) is 0 Å². The monoisotopic (exact) mass is 253 g/mol. The molecule has 1 aliphatic carbocycles. The lowest BCUT2D eigenvalue weighted by Crippen LogP contribution is -2.02. The summed E-state index contributed by atoms with van der Waals surface area (Å²) in [6, 6.07) is 16.9. The summed E-state index contributed by atoms with van der Waals surface area (Å²) in [7, 11) is 1.74. The van der Waals surface area contributed by atoms with Crippen LogP contribution in [0.25, 0.3) is 11.1 Å². The molecule has 3 rings (SSSR count). The number of ether oxygens (including phenoxy) is 1. The largest absolute Gasteiger partial charge is 0.496 e. The summed E-state index contributed by atoms with van der Waals surface area (Å²) < 4.78 is 5.49. The van der Waals surface area contributed by atoms with Gasteiger partial charge in [-0.25, -0.2) is 0 Å². The highest BCUT2D eigenvalue weighted by Gasteiger charge is 2.38. The molecular formula is C17H19NO. The van der Waals surface area contributed by atoms with Crippen LogP contribution in [0.3, 0.4) is 0 Å². The molecule has 0 spiro atoms. The molecule has 2 N–H and O–H groups in total. The topological polar surface area (TPSA) is 35.2 Å². The van der Waals surface area contributed by atoms with E-state index in [1.807, 2.05) is 6.07 Å². The molecule has 2 atom stereocenters. The van der Waals surface area contributed by atoms with E-state index in [2.05, 4.69) is 42.5 Å². The summed E-state index contributed by atoms with van der Waals surface area (Å²) in [5.41, 5.74) is 9.56. The van der Waals surface area contributed by atoms with Crippen LogP contribution in [0.1, 0.15) is 17.9 Å². The molecule has 0 saturated heterocycles. The van der Waals surface area contributed by atoms with E-state index >= 15 is 0 Å². The molecule has 98 valence electrons. The molecule has 2 heteroatoms. The van der Waals surface area contributed by atoms with Crippen LogP contribution in [0.15, 0.2) is 48.5 Å². The Morgan fingerprint density at radius 2 is 1.89 bits per heavy atom. The summed E-state index contributed by atoms with van der Waals surface area (Å²) >= 11 is 0. The Hall–Kier alpha value is -1.80. The third-order valence-electron chi connectivity index (χ3n) is 3.96. The molecule has 0 amide bonds. The molecule has 0 unspecified atom stereocenters. The van der Waals surface area contributed by atoms with Crippen LogP contribution >= 0.6 is 0 Å². The van der Waals surface area contributed by atoms with E-state index in [9.17, 15) is 0 Å². The van der Waals surface area contributed by atoms with Gasteiger partial charge in [0.05, 0.1) is 7.11 Å². The van der Waals surface area contributed by atoms with Crippen molar-refractivity contribution in [1.29, 1.82) is 0 Å².